The quantitative estimate of drug-likeness (QED) is 0.867. The van der Waals surface area contributed by atoms with Gasteiger partial charge in [0.2, 0.25) is 0 Å². The molecule has 1 saturated heterocycles. The van der Waals surface area contributed by atoms with Crippen molar-refractivity contribution in [2.24, 2.45) is 0 Å². The Kier molecular flexibility index (Phi) is 4.50. The predicted octanol–water partition coefficient (Wildman–Crippen LogP) is 3.15. The van der Waals surface area contributed by atoms with Crippen molar-refractivity contribution in [3.05, 3.63) is 41.7 Å². The smallest absolute Gasteiger partial charge is 0.157 e. The van der Waals surface area contributed by atoms with Crippen LogP contribution in [0.15, 0.2) is 34.7 Å². The molecule has 1 aromatic heterocycles. The van der Waals surface area contributed by atoms with E-state index in [0.29, 0.717) is 0 Å². The third-order valence-electron chi connectivity index (χ3n) is 4.15. The zero-order valence-electron chi connectivity index (χ0n) is 13.6. The maximum Gasteiger partial charge on any atom is 0.157 e. The number of rotatable bonds is 4. The number of morpholine rings is 1. The van der Waals surface area contributed by atoms with Crippen molar-refractivity contribution in [1.29, 1.82) is 0 Å². The molecule has 0 bridgehead atoms. The van der Waals surface area contributed by atoms with E-state index in [-0.39, 0.29) is 0 Å². The van der Waals surface area contributed by atoms with E-state index in [4.69, 9.17) is 9.15 Å². The SMILES string of the molecule is Cc1oc(-c2ccccc2)c(N(C)C)c1CN1CCOCC1. The first-order chi connectivity index (χ1) is 10.7. The lowest BCUT2D eigenvalue weighted by atomic mass is 10.1. The predicted molar refractivity (Wildman–Crippen MR) is 89.3 cm³/mol. The Bertz CT molecular complexity index is 614. The molecule has 0 spiro atoms. The highest BCUT2D eigenvalue weighted by Crippen LogP contribution is 2.38. The maximum atomic E-state index is 6.14. The minimum Gasteiger partial charge on any atom is -0.459 e. The average molecular weight is 300 g/mol. The Morgan fingerprint density at radius 3 is 2.41 bits per heavy atom. The van der Waals surface area contributed by atoms with E-state index < -0.39 is 0 Å². The van der Waals surface area contributed by atoms with Gasteiger partial charge in [-0.05, 0) is 6.92 Å². The summed E-state index contributed by atoms with van der Waals surface area (Å²) >= 11 is 0. The summed E-state index contributed by atoms with van der Waals surface area (Å²) in [6.07, 6.45) is 0. The lowest BCUT2D eigenvalue weighted by Crippen LogP contribution is -2.36. The van der Waals surface area contributed by atoms with Crippen molar-refractivity contribution in [3.63, 3.8) is 0 Å². The van der Waals surface area contributed by atoms with Crippen LogP contribution < -0.4 is 4.90 Å². The van der Waals surface area contributed by atoms with Gasteiger partial charge in [-0.1, -0.05) is 30.3 Å². The molecule has 4 heteroatoms. The van der Waals surface area contributed by atoms with Gasteiger partial charge < -0.3 is 14.1 Å². The maximum absolute atomic E-state index is 6.14. The Labute approximate surface area is 132 Å². The molecule has 4 nitrogen and oxygen atoms in total. The van der Waals surface area contributed by atoms with E-state index in [1.54, 1.807) is 0 Å². The minimum atomic E-state index is 0.819. The molecule has 2 heterocycles. The number of anilines is 1. The molecule has 0 radical (unpaired) electrons. The summed E-state index contributed by atoms with van der Waals surface area (Å²) in [5, 5.41) is 0. The lowest BCUT2D eigenvalue weighted by molar-refractivity contribution is 0.0340. The van der Waals surface area contributed by atoms with Crippen LogP contribution in [0.2, 0.25) is 0 Å². The van der Waals surface area contributed by atoms with Crippen LogP contribution >= 0.6 is 0 Å². The van der Waals surface area contributed by atoms with Crippen molar-refractivity contribution in [3.8, 4) is 11.3 Å². The molecule has 1 aliphatic heterocycles. The van der Waals surface area contributed by atoms with Crippen LogP contribution in [-0.2, 0) is 11.3 Å². The topological polar surface area (TPSA) is 28.9 Å². The fraction of sp³-hybridized carbons (Fsp3) is 0.444. The molecule has 0 amide bonds. The molecule has 22 heavy (non-hydrogen) atoms. The van der Waals surface area contributed by atoms with Crippen LogP contribution in [-0.4, -0.2) is 45.3 Å². The summed E-state index contributed by atoms with van der Waals surface area (Å²) in [6, 6.07) is 10.3. The Hall–Kier alpha value is -1.78. The van der Waals surface area contributed by atoms with Crippen molar-refractivity contribution < 1.29 is 9.15 Å². The lowest BCUT2D eigenvalue weighted by Gasteiger charge is -2.27. The molecule has 0 atom stereocenters. The highest BCUT2D eigenvalue weighted by atomic mass is 16.5. The van der Waals surface area contributed by atoms with E-state index in [1.807, 2.05) is 18.2 Å². The molecule has 1 fully saturated rings. The van der Waals surface area contributed by atoms with Gasteiger partial charge in [0.15, 0.2) is 5.76 Å². The number of hydrogen-bond donors (Lipinski definition) is 0. The first-order valence-corrected chi connectivity index (χ1v) is 7.82. The molecular formula is C18H24N2O2. The molecule has 0 N–H and O–H groups in total. The van der Waals surface area contributed by atoms with Crippen molar-refractivity contribution >= 4 is 5.69 Å². The van der Waals surface area contributed by atoms with Gasteiger partial charge in [0.05, 0.1) is 18.9 Å². The van der Waals surface area contributed by atoms with Gasteiger partial charge in [-0.2, -0.15) is 0 Å². The van der Waals surface area contributed by atoms with Crippen molar-refractivity contribution in [2.45, 2.75) is 13.5 Å². The van der Waals surface area contributed by atoms with Crippen molar-refractivity contribution in [2.75, 3.05) is 45.3 Å². The largest absolute Gasteiger partial charge is 0.459 e. The number of aryl methyl sites for hydroxylation is 1. The number of benzene rings is 1. The van der Waals surface area contributed by atoms with E-state index >= 15 is 0 Å². The Balaban J connectivity index is 1.97. The summed E-state index contributed by atoms with van der Waals surface area (Å²) in [5.74, 6) is 1.97. The minimum absolute atomic E-state index is 0.819. The standard InChI is InChI=1S/C18H24N2O2/c1-14-16(13-20-9-11-21-12-10-20)17(19(2)3)18(22-14)15-7-5-4-6-8-15/h4-8H,9-13H2,1-3H3. The van der Waals surface area contributed by atoms with E-state index in [2.05, 4.69) is 43.0 Å². The van der Waals surface area contributed by atoms with Crippen LogP contribution in [0.25, 0.3) is 11.3 Å². The summed E-state index contributed by atoms with van der Waals surface area (Å²) < 4.78 is 11.6. The van der Waals surface area contributed by atoms with Gasteiger partial charge >= 0.3 is 0 Å². The molecule has 118 valence electrons. The van der Waals surface area contributed by atoms with Crippen LogP contribution in [0, 0.1) is 6.92 Å². The number of ether oxygens (including phenoxy) is 1. The van der Waals surface area contributed by atoms with Crippen LogP contribution in [0.1, 0.15) is 11.3 Å². The number of hydrogen-bond acceptors (Lipinski definition) is 4. The van der Waals surface area contributed by atoms with Crippen LogP contribution in [0.3, 0.4) is 0 Å². The van der Waals surface area contributed by atoms with Gasteiger partial charge in [0.25, 0.3) is 0 Å². The number of nitrogens with zero attached hydrogens (tertiary/aromatic N) is 2. The van der Waals surface area contributed by atoms with Gasteiger partial charge in [-0.25, -0.2) is 0 Å². The molecule has 3 rings (SSSR count). The van der Waals surface area contributed by atoms with E-state index in [1.165, 1.54) is 11.3 Å². The molecule has 1 aromatic carbocycles. The first-order valence-electron chi connectivity index (χ1n) is 7.82. The molecular weight excluding hydrogens is 276 g/mol. The highest BCUT2D eigenvalue weighted by molar-refractivity contribution is 5.77. The summed E-state index contributed by atoms with van der Waals surface area (Å²) in [5.41, 5.74) is 3.60. The molecule has 0 aliphatic carbocycles. The second-order valence-electron chi connectivity index (χ2n) is 5.96. The molecule has 1 aliphatic rings. The fourth-order valence-corrected chi connectivity index (χ4v) is 2.99. The summed E-state index contributed by atoms with van der Waals surface area (Å²) in [7, 11) is 4.17. The Morgan fingerprint density at radius 1 is 1.09 bits per heavy atom. The normalized spacial score (nSPS) is 16.0. The van der Waals surface area contributed by atoms with Gasteiger partial charge in [0, 0.05) is 44.9 Å². The van der Waals surface area contributed by atoms with E-state index in [9.17, 15) is 0 Å². The third-order valence-corrected chi connectivity index (χ3v) is 4.15. The second-order valence-corrected chi connectivity index (χ2v) is 5.96. The summed E-state index contributed by atoms with van der Waals surface area (Å²) in [6.45, 7) is 6.59. The summed E-state index contributed by atoms with van der Waals surface area (Å²) in [4.78, 5) is 4.59. The molecule has 0 saturated carbocycles. The second kappa shape index (κ2) is 6.55. The van der Waals surface area contributed by atoms with E-state index in [0.717, 1.165) is 49.9 Å². The highest BCUT2D eigenvalue weighted by Gasteiger charge is 2.23. The van der Waals surface area contributed by atoms with Crippen LogP contribution in [0.4, 0.5) is 5.69 Å². The molecule has 0 unspecified atom stereocenters. The Morgan fingerprint density at radius 2 is 1.77 bits per heavy atom. The number of furan rings is 1. The fourth-order valence-electron chi connectivity index (χ4n) is 2.99. The zero-order valence-corrected chi connectivity index (χ0v) is 13.6. The zero-order chi connectivity index (χ0) is 15.5. The van der Waals surface area contributed by atoms with Crippen LogP contribution in [0.5, 0.6) is 0 Å². The monoisotopic (exact) mass is 300 g/mol. The first kappa shape index (κ1) is 15.1. The van der Waals surface area contributed by atoms with Gasteiger partial charge in [0.1, 0.15) is 5.76 Å². The third kappa shape index (κ3) is 3.03. The van der Waals surface area contributed by atoms with Crippen molar-refractivity contribution in [1.82, 2.24) is 4.90 Å². The van der Waals surface area contributed by atoms with Gasteiger partial charge in [-0.3, -0.25) is 4.90 Å². The van der Waals surface area contributed by atoms with Gasteiger partial charge in [-0.15, -0.1) is 0 Å². The average Bonchev–Trinajstić information content (AvgIpc) is 2.86. The molecule has 2 aromatic rings.